The number of carbonyl (C=O) groups excluding carboxylic acids is 1. The zero-order valence-corrected chi connectivity index (χ0v) is 13.3. The summed E-state index contributed by atoms with van der Waals surface area (Å²) in [4.78, 5) is 12.2. The van der Waals surface area contributed by atoms with Crippen LogP contribution < -0.4 is 10.6 Å². The summed E-state index contributed by atoms with van der Waals surface area (Å²) in [5, 5.41) is 14.1. The molecule has 1 aromatic carbocycles. The highest BCUT2D eigenvalue weighted by Crippen LogP contribution is 2.18. The summed E-state index contributed by atoms with van der Waals surface area (Å²) in [5.41, 5.74) is 3.31. The Labute approximate surface area is 131 Å². The molecule has 0 atom stereocenters. The van der Waals surface area contributed by atoms with Crippen LogP contribution in [0.1, 0.15) is 41.4 Å². The van der Waals surface area contributed by atoms with Gasteiger partial charge in [0.25, 0.3) is 5.91 Å². The van der Waals surface area contributed by atoms with Gasteiger partial charge < -0.3 is 10.6 Å². The molecule has 2 N–H and O–H groups in total. The minimum absolute atomic E-state index is 0.249. The molecule has 0 saturated heterocycles. The van der Waals surface area contributed by atoms with Crippen LogP contribution in [0.4, 0.5) is 11.5 Å². The molecule has 116 valence electrons. The third-order valence-corrected chi connectivity index (χ3v) is 3.59. The molecule has 0 aliphatic rings. The molecule has 2 aromatic rings. The fraction of sp³-hybridized carbons (Fsp3) is 0.353. The molecule has 0 spiro atoms. The van der Waals surface area contributed by atoms with E-state index >= 15 is 0 Å². The Morgan fingerprint density at radius 1 is 1.14 bits per heavy atom. The van der Waals surface area contributed by atoms with Gasteiger partial charge in [0.1, 0.15) is 5.82 Å². The van der Waals surface area contributed by atoms with Crippen LogP contribution >= 0.6 is 0 Å². The van der Waals surface area contributed by atoms with Gasteiger partial charge in [0.15, 0.2) is 5.69 Å². The number of carbonyl (C=O) groups is 1. The van der Waals surface area contributed by atoms with E-state index in [1.807, 2.05) is 32.0 Å². The highest BCUT2D eigenvalue weighted by molar-refractivity contribution is 6.03. The van der Waals surface area contributed by atoms with E-state index in [9.17, 15) is 4.79 Å². The highest BCUT2D eigenvalue weighted by atomic mass is 16.1. The standard InChI is InChI=1S/C17H22N4O/c1-4-5-11-18-16-10-9-15(20-21-16)17(22)19-14-8-6-7-12(2)13(14)3/h6-10H,4-5,11H2,1-3H3,(H,18,21)(H,19,22). The van der Waals surface area contributed by atoms with Gasteiger partial charge in [-0.15, -0.1) is 10.2 Å². The summed E-state index contributed by atoms with van der Waals surface area (Å²) < 4.78 is 0. The first-order chi connectivity index (χ1) is 10.6. The van der Waals surface area contributed by atoms with E-state index in [2.05, 4.69) is 27.8 Å². The molecule has 5 heteroatoms. The number of hydrogen-bond donors (Lipinski definition) is 2. The molecule has 0 radical (unpaired) electrons. The van der Waals surface area contributed by atoms with Crippen molar-refractivity contribution in [1.29, 1.82) is 0 Å². The first-order valence-electron chi connectivity index (χ1n) is 7.57. The van der Waals surface area contributed by atoms with Crippen molar-refractivity contribution < 1.29 is 4.79 Å². The molecule has 0 fully saturated rings. The largest absolute Gasteiger partial charge is 0.369 e. The Morgan fingerprint density at radius 2 is 1.95 bits per heavy atom. The first-order valence-corrected chi connectivity index (χ1v) is 7.57. The van der Waals surface area contributed by atoms with E-state index in [1.54, 1.807) is 12.1 Å². The van der Waals surface area contributed by atoms with Gasteiger partial charge in [-0.2, -0.15) is 0 Å². The summed E-state index contributed by atoms with van der Waals surface area (Å²) in [5.74, 6) is 0.443. The topological polar surface area (TPSA) is 66.9 Å². The van der Waals surface area contributed by atoms with Crippen LogP contribution in [0.2, 0.25) is 0 Å². The Kier molecular flexibility index (Phi) is 5.47. The fourth-order valence-corrected chi connectivity index (χ4v) is 2.01. The monoisotopic (exact) mass is 298 g/mol. The average Bonchev–Trinajstić information content (AvgIpc) is 2.53. The van der Waals surface area contributed by atoms with E-state index in [0.717, 1.165) is 36.2 Å². The minimum Gasteiger partial charge on any atom is -0.369 e. The molecule has 1 aromatic heterocycles. The third kappa shape index (κ3) is 4.04. The van der Waals surface area contributed by atoms with Gasteiger partial charge in [-0.25, -0.2) is 0 Å². The molecule has 0 bridgehead atoms. The van der Waals surface area contributed by atoms with Gasteiger partial charge in [-0.05, 0) is 49.6 Å². The molecule has 22 heavy (non-hydrogen) atoms. The molecular formula is C17H22N4O. The summed E-state index contributed by atoms with van der Waals surface area (Å²) in [6.45, 7) is 6.99. The van der Waals surface area contributed by atoms with Crippen LogP contribution in [0.15, 0.2) is 30.3 Å². The zero-order chi connectivity index (χ0) is 15.9. The smallest absolute Gasteiger partial charge is 0.276 e. The van der Waals surface area contributed by atoms with Crippen LogP contribution in [0.25, 0.3) is 0 Å². The number of amides is 1. The van der Waals surface area contributed by atoms with Gasteiger partial charge in [-0.1, -0.05) is 25.5 Å². The maximum atomic E-state index is 12.2. The van der Waals surface area contributed by atoms with Crippen molar-refractivity contribution >= 4 is 17.4 Å². The fourth-order valence-electron chi connectivity index (χ4n) is 2.01. The van der Waals surface area contributed by atoms with E-state index < -0.39 is 0 Å². The summed E-state index contributed by atoms with van der Waals surface area (Å²) in [7, 11) is 0. The number of anilines is 2. The first kappa shape index (κ1) is 15.9. The molecular weight excluding hydrogens is 276 g/mol. The van der Waals surface area contributed by atoms with Crippen LogP contribution in [0.3, 0.4) is 0 Å². The average molecular weight is 298 g/mol. The van der Waals surface area contributed by atoms with Crippen molar-refractivity contribution in [2.75, 3.05) is 17.2 Å². The Morgan fingerprint density at radius 3 is 2.64 bits per heavy atom. The van der Waals surface area contributed by atoms with Gasteiger partial charge in [0, 0.05) is 12.2 Å². The zero-order valence-electron chi connectivity index (χ0n) is 13.3. The number of unbranched alkanes of at least 4 members (excludes halogenated alkanes) is 1. The number of aromatic nitrogens is 2. The van der Waals surface area contributed by atoms with E-state index in [1.165, 1.54) is 0 Å². The Hall–Kier alpha value is -2.43. The van der Waals surface area contributed by atoms with E-state index in [0.29, 0.717) is 11.5 Å². The van der Waals surface area contributed by atoms with Crippen molar-refractivity contribution in [3.8, 4) is 0 Å². The molecule has 0 unspecified atom stereocenters. The van der Waals surface area contributed by atoms with Crippen molar-refractivity contribution in [1.82, 2.24) is 10.2 Å². The van der Waals surface area contributed by atoms with Gasteiger partial charge in [0.05, 0.1) is 0 Å². The lowest BCUT2D eigenvalue weighted by Gasteiger charge is -2.10. The lowest BCUT2D eigenvalue weighted by molar-refractivity contribution is 0.102. The van der Waals surface area contributed by atoms with Gasteiger partial charge >= 0.3 is 0 Å². The van der Waals surface area contributed by atoms with Crippen LogP contribution in [0, 0.1) is 13.8 Å². The van der Waals surface area contributed by atoms with Crippen molar-refractivity contribution in [3.05, 3.63) is 47.2 Å². The van der Waals surface area contributed by atoms with Crippen LogP contribution in [-0.2, 0) is 0 Å². The maximum Gasteiger partial charge on any atom is 0.276 e. The predicted octanol–water partition coefficient (Wildman–Crippen LogP) is 3.56. The highest BCUT2D eigenvalue weighted by Gasteiger charge is 2.10. The second kappa shape index (κ2) is 7.54. The number of nitrogens with one attached hydrogen (secondary N) is 2. The number of aryl methyl sites for hydroxylation is 1. The quantitative estimate of drug-likeness (QED) is 0.800. The molecule has 1 heterocycles. The van der Waals surface area contributed by atoms with Crippen molar-refractivity contribution in [3.63, 3.8) is 0 Å². The Balaban J connectivity index is 2.02. The second-order valence-electron chi connectivity index (χ2n) is 5.29. The lowest BCUT2D eigenvalue weighted by atomic mass is 10.1. The second-order valence-corrected chi connectivity index (χ2v) is 5.29. The molecule has 5 nitrogen and oxygen atoms in total. The van der Waals surface area contributed by atoms with E-state index in [4.69, 9.17) is 0 Å². The summed E-state index contributed by atoms with van der Waals surface area (Å²) >= 11 is 0. The molecule has 1 amide bonds. The number of benzene rings is 1. The number of rotatable bonds is 6. The van der Waals surface area contributed by atoms with Crippen molar-refractivity contribution in [2.45, 2.75) is 33.6 Å². The van der Waals surface area contributed by atoms with Gasteiger partial charge in [0.2, 0.25) is 0 Å². The van der Waals surface area contributed by atoms with Crippen LogP contribution in [0.5, 0.6) is 0 Å². The number of hydrogen-bond acceptors (Lipinski definition) is 4. The third-order valence-electron chi connectivity index (χ3n) is 3.59. The molecule has 2 rings (SSSR count). The normalized spacial score (nSPS) is 10.3. The molecule has 0 aliphatic carbocycles. The SMILES string of the molecule is CCCCNc1ccc(C(=O)Nc2cccc(C)c2C)nn1. The molecule has 0 saturated carbocycles. The van der Waals surface area contributed by atoms with Crippen molar-refractivity contribution in [2.24, 2.45) is 0 Å². The van der Waals surface area contributed by atoms with Gasteiger partial charge in [-0.3, -0.25) is 4.79 Å². The predicted molar refractivity (Wildman–Crippen MR) is 89.3 cm³/mol. The summed E-state index contributed by atoms with van der Waals surface area (Å²) in [6.07, 6.45) is 2.20. The van der Waals surface area contributed by atoms with E-state index in [-0.39, 0.29) is 5.91 Å². The summed E-state index contributed by atoms with van der Waals surface area (Å²) in [6, 6.07) is 9.28. The minimum atomic E-state index is -0.249. The number of nitrogens with zero attached hydrogens (tertiary/aromatic N) is 2. The maximum absolute atomic E-state index is 12.2. The Bertz CT molecular complexity index is 638. The lowest BCUT2D eigenvalue weighted by Crippen LogP contribution is -2.16. The molecule has 0 aliphatic heterocycles. The van der Waals surface area contributed by atoms with Crippen LogP contribution in [-0.4, -0.2) is 22.6 Å².